The minimum atomic E-state index is -0.233. The van der Waals surface area contributed by atoms with Gasteiger partial charge in [0.15, 0.2) is 5.78 Å². The molecule has 0 spiro atoms. The van der Waals surface area contributed by atoms with Crippen molar-refractivity contribution >= 4 is 5.78 Å². The fraction of sp³-hybridized carbons (Fsp3) is 0.455. The molecule has 14 heavy (non-hydrogen) atoms. The Bertz CT molecular complexity index is 328. The lowest BCUT2D eigenvalue weighted by Crippen LogP contribution is -2.30. The van der Waals surface area contributed by atoms with Crippen LogP contribution in [0.5, 0.6) is 0 Å². The molecule has 1 aliphatic rings. The maximum absolute atomic E-state index is 12.1. The van der Waals surface area contributed by atoms with Crippen molar-refractivity contribution in [2.24, 2.45) is 5.41 Å². The van der Waals surface area contributed by atoms with E-state index >= 15 is 0 Å². The van der Waals surface area contributed by atoms with E-state index in [1.807, 2.05) is 13.0 Å². The van der Waals surface area contributed by atoms with Crippen LogP contribution in [0.3, 0.4) is 0 Å². The zero-order chi connectivity index (χ0) is 10.0. The second-order valence-corrected chi connectivity index (χ2v) is 4.06. The lowest BCUT2D eigenvalue weighted by atomic mass is 9.82. The number of aromatic nitrogens is 1. The number of carbonyl (C=O) groups excluding carboxylic acids is 1. The minimum Gasteiger partial charge on any atom is -0.316 e. The number of ketones is 1. The average Bonchev–Trinajstić information content (AvgIpc) is 2.67. The summed E-state index contributed by atoms with van der Waals surface area (Å²) in [6, 6.07) is 3.64. The molecule has 1 unspecified atom stereocenters. The topological polar surface area (TPSA) is 42.0 Å². The van der Waals surface area contributed by atoms with Gasteiger partial charge < -0.3 is 5.32 Å². The maximum atomic E-state index is 12.1. The summed E-state index contributed by atoms with van der Waals surface area (Å²) >= 11 is 0. The molecule has 1 aromatic heterocycles. The highest BCUT2D eigenvalue weighted by molar-refractivity contribution is 6.00. The lowest BCUT2D eigenvalue weighted by molar-refractivity contribution is 0.0839. The SMILES string of the molecule is CC1(C(=O)c2cccnc2)CCNC1. The fourth-order valence-electron chi connectivity index (χ4n) is 1.86. The number of carbonyl (C=O) groups is 1. The predicted molar refractivity (Wildman–Crippen MR) is 54.2 cm³/mol. The number of hydrogen-bond donors (Lipinski definition) is 1. The molecule has 0 aliphatic carbocycles. The standard InChI is InChI=1S/C11H14N2O/c1-11(4-6-13-8-11)10(14)9-3-2-5-12-7-9/h2-3,5,7,13H,4,6,8H2,1H3. The summed E-state index contributed by atoms with van der Waals surface area (Å²) < 4.78 is 0. The molecule has 2 heterocycles. The van der Waals surface area contributed by atoms with E-state index in [-0.39, 0.29) is 11.2 Å². The Balaban J connectivity index is 2.24. The number of pyridine rings is 1. The highest BCUT2D eigenvalue weighted by Crippen LogP contribution is 2.28. The van der Waals surface area contributed by atoms with Crippen LogP contribution in [-0.4, -0.2) is 23.9 Å². The molecule has 0 radical (unpaired) electrons. The zero-order valence-electron chi connectivity index (χ0n) is 8.29. The molecule has 0 amide bonds. The van der Waals surface area contributed by atoms with Gasteiger partial charge in [-0.3, -0.25) is 9.78 Å². The highest BCUT2D eigenvalue weighted by atomic mass is 16.1. The number of nitrogens with one attached hydrogen (secondary N) is 1. The van der Waals surface area contributed by atoms with Crippen LogP contribution >= 0.6 is 0 Å². The van der Waals surface area contributed by atoms with Gasteiger partial charge in [0.2, 0.25) is 0 Å². The summed E-state index contributed by atoms with van der Waals surface area (Å²) in [5.41, 5.74) is 0.488. The number of Topliss-reactive ketones (excluding diaryl/α,β-unsaturated/α-hetero) is 1. The third-order valence-electron chi connectivity index (χ3n) is 2.84. The third-order valence-corrected chi connectivity index (χ3v) is 2.84. The molecule has 1 saturated heterocycles. The first-order chi connectivity index (χ1) is 6.72. The summed E-state index contributed by atoms with van der Waals surface area (Å²) in [4.78, 5) is 16.1. The summed E-state index contributed by atoms with van der Waals surface area (Å²) in [6.07, 6.45) is 4.25. The number of rotatable bonds is 2. The first-order valence-corrected chi connectivity index (χ1v) is 4.88. The van der Waals surface area contributed by atoms with Crippen LogP contribution in [0, 0.1) is 5.41 Å². The second-order valence-electron chi connectivity index (χ2n) is 4.06. The summed E-state index contributed by atoms with van der Waals surface area (Å²) in [7, 11) is 0. The van der Waals surface area contributed by atoms with Crippen LogP contribution in [0.2, 0.25) is 0 Å². The van der Waals surface area contributed by atoms with E-state index in [4.69, 9.17) is 0 Å². The van der Waals surface area contributed by atoms with Gasteiger partial charge in [0, 0.05) is 29.9 Å². The second kappa shape index (κ2) is 3.50. The molecule has 0 bridgehead atoms. The molecular weight excluding hydrogens is 176 g/mol. The van der Waals surface area contributed by atoms with Gasteiger partial charge in [-0.05, 0) is 25.1 Å². The predicted octanol–water partition coefficient (Wildman–Crippen LogP) is 1.26. The zero-order valence-corrected chi connectivity index (χ0v) is 8.29. The molecule has 1 N–H and O–H groups in total. The van der Waals surface area contributed by atoms with Crippen molar-refractivity contribution < 1.29 is 4.79 Å². The van der Waals surface area contributed by atoms with Crippen molar-refractivity contribution in [3.05, 3.63) is 30.1 Å². The van der Waals surface area contributed by atoms with Crippen LogP contribution in [0.25, 0.3) is 0 Å². The van der Waals surface area contributed by atoms with Gasteiger partial charge in [0.25, 0.3) is 0 Å². The Morgan fingerprint density at radius 2 is 2.50 bits per heavy atom. The molecule has 1 aliphatic heterocycles. The molecule has 1 atom stereocenters. The Kier molecular flexibility index (Phi) is 2.33. The molecule has 2 rings (SSSR count). The number of nitrogens with zero attached hydrogens (tertiary/aromatic N) is 1. The maximum Gasteiger partial charge on any atom is 0.171 e. The normalized spacial score (nSPS) is 26.4. The van der Waals surface area contributed by atoms with Crippen LogP contribution in [0.15, 0.2) is 24.5 Å². The first-order valence-electron chi connectivity index (χ1n) is 4.88. The van der Waals surface area contributed by atoms with Gasteiger partial charge in [-0.25, -0.2) is 0 Å². The van der Waals surface area contributed by atoms with Gasteiger partial charge in [0.05, 0.1) is 0 Å². The Hall–Kier alpha value is -1.22. The van der Waals surface area contributed by atoms with Gasteiger partial charge in [-0.15, -0.1) is 0 Å². The van der Waals surface area contributed by atoms with E-state index in [1.165, 1.54) is 0 Å². The van der Waals surface area contributed by atoms with E-state index < -0.39 is 0 Å². The van der Waals surface area contributed by atoms with Crippen molar-refractivity contribution in [1.82, 2.24) is 10.3 Å². The van der Waals surface area contributed by atoms with Crippen LogP contribution in [-0.2, 0) is 0 Å². The molecule has 1 aromatic rings. The molecule has 74 valence electrons. The number of hydrogen-bond acceptors (Lipinski definition) is 3. The van der Waals surface area contributed by atoms with Crippen molar-refractivity contribution in [3.63, 3.8) is 0 Å². The van der Waals surface area contributed by atoms with E-state index in [2.05, 4.69) is 10.3 Å². The lowest BCUT2D eigenvalue weighted by Gasteiger charge is -2.20. The van der Waals surface area contributed by atoms with Crippen molar-refractivity contribution in [2.75, 3.05) is 13.1 Å². The molecular formula is C11H14N2O. The van der Waals surface area contributed by atoms with Crippen LogP contribution in [0.4, 0.5) is 0 Å². The monoisotopic (exact) mass is 190 g/mol. The minimum absolute atomic E-state index is 0.204. The van der Waals surface area contributed by atoms with Crippen LogP contribution < -0.4 is 5.32 Å². The average molecular weight is 190 g/mol. The van der Waals surface area contributed by atoms with Crippen LogP contribution in [0.1, 0.15) is 23.7 Å². The van der Waals surface area contributed by atoms with E-state index in [0.29, 0.717) is 0 Å². The third kappa shape index (κ3) is 1.55. The molecule has 0 saturated carbocycles. The molecule has 1 fully saturated rings. The van der Waals surface area contributed by atoms with Gasteiger partial charge >= 0.3 is 0 Å². The van der Waals surface area contributed by atoms with Gasteiger partial charge in [0.1, 0.15) is 0 Å². The smallest absolute Gasteiger partial charge is 0.171 e. The summed E-state index contributed by atoms with van der Waals surface area (Å²) in [6.45, 7) is 3.73. The van der Waals surface area contributed by atoms with E-state index in [1.54, 1.807) is 18.5 Å². The Morgan fingerprint density at radius 1 is 1.64 bits per heavy atom. The highest BCUT2D eigenvalue weighted by Gasteiger charge is 2.36. The molecule has 3 nitrogen and oxygen atoms in total. The van der Waals surface area contributed by atoms with Gasteiger partial charge in [-0.2, -0.15) is 0 Å². The first kappa shape index (κ1) is 9.34. The largest absolute Gasteiger partial charge is 0.316 e. The van der Waals surface area contributed by atoms with Crippen molar-refractivity contribution in [2.45, 2.75) is 13.3 Å². The van der Waals surface area contributed by atoms with E-state index in [9.17, 15) is 4.79 Å². The van der Waals surface area contributed by atoms with Gasteiger partial charge in [-0.1, -0.05) is 6.92 Å². The molecule has 3 heteroatoms. The summed E-state index contributed by atoms with van der Waals surface area (Å²) in [5.74, 6) is 0.204. The summed E-state index contributed by atoms with van der Waals surface area (Å²) in [5, 5.41) is 3.22. The van der Waals surface area contributed by atoms with Crippen molar-refractivity contribution in [1.29, 1.82) is 0 Å². The molecule has 0 aromatic carbocycles. The fourth-order valence-corrected chi connectivity index (χ4v) is 1.86. The van der Waals surface area contributed by atoms with Crippen molar-refractivity contribution in [3.8, 4) is 0 Å². The van der Waals surface area contributed by atoms with E-state index in [0.717, 1.165) is 25.1 Å². The Labute approximate surface area is 83.5 Å². The Morgan fingerprint density at radius 3 is 3.07 bits per heavy atom. The quantitative estimate of drug-likeness (QED) is 0.714.